The minimum absolute atomic E-state index is 0.0268. The van der Waals surface area contributed by atoms with Gasteiger partial charge in [-0.15, -0.1) is 0 Å². The molecule has 2 aliphatic rings. The van der Waals surface area contributed by atoms with Crippen molar-refractivity contribution >= 4 is 0 Å². The van der Waals surface area contributed by atoms with Crippen LogP contribution in [0.3, 0.4) is 0 Å². The van der Waals surface area contributed by atoms with Gasteiger partial charge in [0.05, 0.1) is 18.8 Å². The van der Waals surface area contributed by atoms with Gasteiger partial charge in [-0.05, 0) is 31.6 Å². The average molecular weight is 199 g/mol. The average Bonchev–Trinajstić information content (AvgIpc) is 2.15. The van der Waals surface area contributed by atoms with Crippen molar-refractivity contribution in [1.82, 2.24) is 0 Å². The molecule has 0 bridgehead atoms. The Kier molecular flexibility index (Phi) is 3.10. The van der Waals surface area contributed by atoms with Crippen molar-refractivity contribution in [3.8, 4) is 0 Å². The summed E-state index contributed by atoms with van der Waals surface area (Å²) in [6.07, 6.45) is 5.07. The summed E-state index contributed by atoms with van der Waals surface area (Å²) in [5.41, 5.74) is 5.82. The van der Waals surface area contributed by atoms with E-state index in [4.69, 9.17) is 15.2 Å². The number of rotatable bonds is 3. The second-order valence-electron chi connectivity index (χ2n) is 4.85. The smallest absolute Gasteiger partial charge is 0.105 e. The fraction of sp³-hybridized carbons (Fsp3) is 1.00. The first-order valence-corrected chi connectivity index (χ1v) is 5.70. The summed E-state index contributed by atoms with van der Waals surface area (Å²) in [7, 11) is 0. The molecule has 14 heavy (non-hydrogen) atoms. The molecule has 0 aromatic carbocycles. The fourth-order valence-electron chi connectivity index (χ4n) is 2.29. The number of ether oxygens (including phenoxy) is 2. The van der Waals surface area contributed by atoms with Gasteiger partial charge in [0.25, 0.3) is 0 Å². The summed E-state index contributed by atoms with van der Waals surface area (Å²) in [4.78, 5) is 0. The summed E-state index contributed by atoms with van der Waals surface area (Å²) >= 11 is 0. The van der Waals surface area contributed by atoms with E-state index in [1.165, 1.54) is 12.8 Å². The summed E-state index contributed by atoms with van der Waals surface area (Å²) in [5.74, 6) is 0.843. The van der Waals surface area contributed by atoms with Crippen LogP contribution in [0.1, 0.15) is 32.6 Å². The predicted octanol–water partition coefficient (Wildman–Crippen LogP) is 1.31. The van der Waals surface area contributed by atoms with Crippen molar-refractivity contribution in [3.05, 3.63) is 0 Å². The molecule has 1 saturated carbocycles. The van der Waals surface area contributed by atoms with Crippen molar-refractivity contribution in [2.45, 2.75) is 44.3 Å². The van der Waals surface area contributed by atoms with Gasteiger partial charge < -0.3 is 15.2 Å². The largest absolute Gasteiger partial charge is 0.376 e. The maximum Gasteiger partial charge on any atom is 0.105 e. The SMILES string of the molecule is CC1CCC(CN)(OC2COC2)CC1. The van der Waals surface area contributed by atoms with Crippen LogP contribution >= 0.6 is 0 Å². The van der Waals surface area contributed by atoms with Gasteiger partial charge in [0, 0.05) is 6.54 Å². The van der Waals surface area contributed by atoms with Crippen LogP contribution < -0.4 is 5.73 Å². The van der Waals surface area contributed by atoms with E-state index in [0.29, 0.717) is 12.6 Å². The van der Waals surface area contributed by atoms with Crippen LogP contribution in [0.25, 0.3) is 0 Å². The molecule has 2 rings (SSSR count). The van der Waals surface area contributed by atoms with E-state index in [9.17, 15) is 0 Å². The topological polar surface area (TPSA) is 44.5 Å². The molecule has 0 atom stereocenters. The van der Waals surface area contributed by atoms with Crippen LogP contribution in [0, 0.1) is 5.92 Å². The van der Waals surface area contributed by atoms with Gasteiger partial charge in [0.1, 0.15) is 6.10 Å². The molecule has 0 radical (unpaired) electrons. The van der Waals surface area contributed by atoms with E-state index >= 15 is 0 Å². The fourth-order valence-corrected chi connectivity index (χ4v) is 2.29. The molecule has 0 amide bonds. The van der Waals surface area contributed by atoms with Crippen LogP contribution in [0.4, 0.5) is 0 Å². The zero-order valence-corrected chi connectivity index (χ0v) is 9.00. The molecule has 1 aliphatic carbocycles. The highest BCUT2D eigenvalue weighted by molar-refractivity contribution is 4.89. The van der Waals surface area contributed by atoms with E-state index in [-0.39, 0.29) is 5.60 Å². The van der Waals surface area contributed by atoms with E-state index in [1.54, 1.807) is 0 Å². The van der Waals surface area contributed by atoms with Crippen LogP contribution in [0.15, 0.2) is 0 Å². The molecule has 82 valence electrons. The number of hydrogen-bond acceptors (Lipinski definition) is 3. The van der Waals surface area contributed by atoms with Crippen molar-refractivity contribution in [2.24, 2.45) is 11.7 Å². The molecule has 3 nitrogen and oxygen atoms in total. The Morgan fingerprint density at radius 1 is 1.36 bits per heavy atom. The Bertz CT molecular complexity index is 184. The van der Waals surface area contributed by atoms with Crippen molar-refractivity contribution in [3.63, 3.8) is 0 Å². The third-order valence-corrected chi connectivity index (χ3v) is 3.58. The normalized spacial score (nSPS) is 39.4. The summed E-state index contributed by atoms with van der Waals surface area (Å²) in [5, 5.41) is 0. The van der Waals surface area contributed by atoms with E-state index in [1.807, 2.05) is 0 Å². The molecule has 2 fully saturated rings. The van der Waals surface area contributed by atoms with Gasteiger partial charge in [-0.2, -0.15) is 0 Å². The second-order valence-corrected chi connectivity index (χ2v) is 4.85. The first kappa shape index (κ1) is 10.4. The van der Waals surface area contributed by atoms with Gasteiger partial charge in [-0.25, -0.2) is 0 Å². The quantitative estimate of drug-likeness (QED) is 0.745. The van der Waals surface area contributed by atoms with Crippen LogP contribution in [-0.4, -0.2) is 31.5 Å². The molecular weight excluding hydrogens is 178 g/mol. The zero-order valence-electron chi connectivity index (χ0n) is 9.00. The second kappa shape index (κ2) is 4.17. The lowest BCUT2D eigenvalue weighted by Gasteiger charge is -2.43. The molecule has 1 heterocycles. The Morgan fingerprint density at radius 3 is 2.43 bits per heavy atom. The van der Waals surface area contributed by atoms with E-state index in [0.717, 1.165) is 32.0 Å². The molecule has 1 saturated heterocycles. The van der Waals surface area contributed by atoms with Crippen LogP contribution in [0.5, 0.6) is 0 Å². The molecule has 1 aliphatic heterocycles. The third kappa shape index (κ3) is 2.10. The molecular formula is C11H21NO2. The minimum atomic E-state index is -0.0268. The maximum absolute atomic E-state index is 6.06. The standard InChI is InChI=1S/C11H21NO2/c1-9-2-4-11(8-12,5-3-9)14-10-6-13-7-10/h9-10H,2-8,12H2,1H3. The Balaban J connectivity index is 1.88. The molecule has 2 N–H and O–H groups in total. The molecule has 0 aromatic rings. The monoisotopic (exact) mass is 199 g/mol. The summed E-state index contributed by atoms with van der Waals surface area (Å²) in [6, 6.07) is 0. The Hall–Kier alpha value is -0.120. The lowest BCUT2D eigenvalue weighted by molar-refractivity contribution is -0.200. The summed E-state index contributed by atoms with van der Waals surface area (Å²) in [6.45, 7) is 4.50. The summed E-state index contributed by atoms with van der Waals surface area (Å²) < 4.78 is 11.2. The predicted molar refractivity (Wildman–Crippen MR) is 55.1 cm³/mol. The highest BCUT2D eigenvalue weighted by Gasteiger charge is 2.37. The number of hydrogen-bond donors (Lipinski definition) is 1. The molecule has 0 unspecified atom stereocenters. The highest BCUT2D eigenvalue weighted by Crippen LogP contribution is 2.35. The van der Waals surface area contributed by atoms with Gasteiger partial charge in [0.15, 0.2) is 0 Å². The van der Waals surface area contributed by atoms with E-state index in [2.05, 4.69) is 6.92 Å². The molecule has 0 spiro atoms. The van der Waals surface area contributed by atoms with Crippen LogP contribution in [-0.2, 0) is 9.47 Å². The van der Waals surface area contributed by atoms with Crippen molar-refractivity contribution in [2.75, 3.05) is 19.8 Å². The first-order chi connectivity index (χ1) is 6.74. The Labute approximate surface area is 85.9 Å². The molecule has 0 aromatic heterocycles. The lowest BCUT2D eigenvalue weighted by atomic mass is 9.79. The lowest BCUT2D eigenvalue weighted by Crippen LogP contribution is -2.51. The first-order valence-electron chi connectivity index (χ1n) is 5.70. The van der Waals surface area contributed by atoms with Crippen molar-refractivity contribution < 1.29 is 9.47 Å². The zero-order chi connectivity index (χ0) is 10.0. The maximum atomic E-state index is 6.06. The number of nitrogens with two attached hydrogens (primary N) is 1. The van der Waals surface area contributed by atoms with E-state index < -0.39 is 0 Å². The van der Waals surface area contributed by atoms with Gasteiger partial charge >= 0.3 is 0 Å². The van der Waals surface area contributed by atoms with Crippen LogP contribution in [0.2, 0.25) is 0 Å². The van der Waals surface area contributed by atoms with Crippen molar-refractivity contribution in [1.29, 1.82) is 0 Å². The minimum Gasteiger partial charge on any atom is -0.376 e. The third-order valence-electron chi connectivity index (χ3n) is 3.58. The van der Waals surface area contributed by atoms with Gasteiger partial charge in [-0.1, -0.05) is 6.92 Å². The van der Waals surface area contributed by atoms with Gasteiger partial charge in [-0.3, -0.25) is 0 Å². The highest BCUT2D eigenvalue weighted by atomic mass is 16.6. The Morgan fingerprint density at radius 2 is 2.00 bits per heavy atom. The van der Waals surface area contributed by atoms with Gasteiger partial charge in [0.2, 0.25) is 0 Å². The molecule has 3 heteroatoms.